The minimum atomic E-state index is -0.476. The predicted octanol–water partition coefficient (Wildman–Crippen LogP) is 2.75. The number of carbonyl (C=O) groups is 1. The molecular formula is C15H23N3O. The van der Waals surface area contributed by atoms with E-state index in [1.165, 1.54) is 32.1 Å². The van der Waals surface area contributed by atoms with Crippen molar-refractivity contribution in [2.24, 2.45) is 11.7 Å². The molecule has 4 nitrogen and oxygen atoms in total. The van der Waals surface area contributed by atoms with Gasteiger partial charge in [-0.2, -0.15) is 0 Å². The van der Waals surface area contributed by atoms with Crippen LogP contribution in [-0.4, -0.2) is 11.9 Å². The molecule has 0 atom stereocenters. The third-order valence-corrected chi connectivity index (χ3v) is 4.11. The van der Waals surface area contributed by atoms with Crippen LogP contribution in [-0.2, 0) is 0 Å². The van der Waals surface area contributed by atoms with Crippen molar-refractivity contribution >= 4 is 17.3 Å². The van der Waals surface area contributed by atoms with Crippen molar-refractivity contribution in [2.75, 3.05) is 11.1 Å². The molecule has 0 heterocycles. The van der Waals surface area contributed by atoms with Crippen LogP contribution in [0.4, 0.5) is 11.4 Å². The first-order valence-electron chi connectivity index (χ1n) is 7.06. The van der Waals surface area contributed by atoms with Gasteiger partial charge >= 0.3 is 0 Å². The van der Waals surface area contributed by atoms with E-state index in [9.17, 15) is 4.79 Å². The van der Waals surface area contributed by atoms with Crippen LogP contribution in [0.1, 0.15) is 49.4 Å². The molecule has 1 saturated carbocycles. The smallest absolute Gasteiger partial charge is 0.250 e. The number of nitrogens with two attached hydrogens (primary N) is 2. The van der Waals surface area contributed by atoms with Gasteiger partial charge in [-0.15, -0.1) is 0 Å². The topological polar surface area (TPSA) is 81.1 Å². The first-order chi connectivity index (χ1) is 9.10. The molecule has 5 N–H and O–H groups in total. The zero-order chi connectivity index (χ0) is 13.8. The minimum absolute atomic E-state index is 0.396. The normalized spacial score (nSPS) is 23.0. The van der Waals surface area contributed by atoms with Gasteiger partial charge in [0, 0.05) is 17.4 Å². The fourth-order valence-electron chi connectivity index (χ4n) is 2.81. The lowest BCUT2D eigenvalue weighted by Gasteiger charge is -2.29. The molecule has 0 unspecified atom stereocenters. The molecule has 2 rings (SSSR count). The van der Waals surface area contributed by atoms with Crippen LogP contribution >= 0.6 is 0 Å². The molecule has 4 heteroatoms. The molecule has 1 aromatic rings. The first-order valence-corrected chi connectivity index (χ1v) is 7.06. The summed E-state index contributed by atoms with van der Waals surface area (Å²) in [6.07, 6.45) is 6.22. The second-order valence-corrected chi connectivity index (χ2v) is 5.44. The Hall–Kier alpha value is -1.71. The van der Waals surface area contributed by atoms with Crippen LogP contribution in [0.25, 0.3) is 0 Å². The SMILES string of the molecule is CCC1CCC(Nc2ccc(N)c(C(N)=O)c2)CC1. The molecule has 0 aromatic heterocycles. The number of carbonyl (C=O) groups excluding carboxylic acids is 1. The van der Waals surface area contributed by atoms with E-state index in [0.717, 1.165) is 11.6 Å². The molecular weight excluding hydrogens is 238 g/mol. The molecule has 19 heavy (non-hydrogen) atoms. The summed E-state index contributed by atoms with van der Waals surface area (Å²) in [6.45, 7) is 2.26. The second kappa shape index (κ2) is 5.95. The average molecular weight is 261 g/mol. The van der Waals surface area contributed by atoms with Crippen molar-refractivity contribution in [1.82, 2.24) is 0 Å². The maximum Gasteiger partial charge on any atom is 0.250 e. The Kier molecular flexibility index (Phi) is 4.30. The lowest BCUT2D eigenvalue weighted by atomic mass is 9.84. The highest BCUT2D eigenvalue weighted by Gasteiger charge is 2.20. The van der Waals surface area contributed by atoms with Crippen molar-refractivity contribution in [2.45, 2.75) is 45.1 Å². The molecule has 1 fully saturated rings. The average Bonchev–Trinajstić information content (AvgIpc) is 2.41. The number of benzene rings is 1. The van der Waals surface area contributed by atoms with Crippen molar-refractivity contribution in [3.8, 4) is 0 Å². The van der Waals surface area contributed by atoms with E-state index in [1.807, 2.05) is 6.07 Å². The van der Waals surface area contributed by atoms with Gasteiger partial charge in [0.1, 0.15) is 0 Å². The maximum atomic E-state index is 11.3. The highest BCUT2D eigenvalue weighted by Crippen LogP contribution is 2.29. The number of hydrogen-bond acceptors (Lipinski definition) is 3. The third kappa shape index (κ3) is 3.40. The van der Waals surface area contributed by atoms with E-state index in [4.69, 9.17) is 11.5 Å². The molecule has 0 spiro atoms. The number of amides is 1. The Balaban J connectivity index is 2.00. The lowest BCUT2D eigenvalue weighted by Crippen LogP contribution is -2.26. The summed E-state index contributed by atoms with van der Waals surface area (Å²) in [7, 11) is 0. The van der Waals surface area contributed by atoms with Gasteiger partial charge in [0.2, 0.25) is 0 Å². The van der Waals surface area contributed by atoms with Crippen LogP contribution in [0.5, 0.6) is 0 Å². The number of nitrogens with one attached hydrogen (secondary N) is 1. The Labute approximate surface area is 114 Å². The molecule has 0 bridgehead atoms. The Morgan fingerprint density at radius 2 is 2.00 bits per heavy atom. The number of primary amides is 1. The summed E-state index contributed by atoms with van der Waals surface area (Å²) >= 11 is 0. The summed E-state index contributed by atoms with van der Waals surface area (Å²) in [4.78, 5) is 11.3. The van der Waals surface area contributed by atoms with E-state index in [-0.39, 0.29) is 0 Å². The monoisotopic (exact) mass is 261 g/mol. The first kappa shape index (κ1) is 13.7. The third-order valence-electron chi connectivity index (χ3n) is 4.11. The summed E-state index contributed by atoms with van der Waals surface area (Å²) in [5.41, 5.74) is 12.8. The van der Waals surface area contributed by atoms with Crippen LogP contribution in [0.3, 0.4) is 0 Å². The molecule has 1 aromatic carbocycles. The van der Waals surface area contributed by atoms with Crippen LogP contribution in [0.2, 0.25) is 0 Å². The molecule has 104 valence electrons. The van der Waals surface area contributed by atoms with E-state index < -0.39 is 5.91 Å². The van der Waals surface area contributed by atoms with Gasteiger partial charge in [-0.1, -0.05) is 13.3 Å². The second-order valence-electron chi connectivity index (χ2n) is 5.44. The van der Waals surface area contributed by atoms with Crippen LogP contribution < -0.4 is 16.8 Å². The van der Waals surface area contributed by atoms with Crippen LogP contribution in [0.15, 0.2) is 18.2 Å². The number of anilines is 2. The molecule has 1 aliphatic carbocycles. The van der Waals surface area contributed by atoms with Crippen molar-refractivity contribution in [3.63, 3.8) is 0 Å². The van der Waals surface area contributed by atoms with E-state index >= 15 is 0 Å². The molecule has 0 radical (unpaired) electrons. The van der Waals surface area contributed by atoms with Crippen molar-refractivity contribution in [1.29, 1.82) is 0 Å². The number of hydrogen-bond donors (Lipinski definition) is 3. The Morgan fingerprint density at radius 3 is 2.58 bits per heavy atom. The lowest BCUT2D eigenvalue weighted by molar-refractivity contribution is 0.100. The van der Waals surface area contributed by atoms with Gasteiger partial charge in [-0.25, -0.2) is 0 Å². The molecule has 1 amide bonds. The Morgan fingerprint density at radius 1 is 1.32 bits per heavy atom. The zero-order valence-electron chi connectivity index (χ0n) is 11.5. The van der Waals surface area contributed by atoms with Crippen molar-refractivity contribution < 1.29 is 4.79 Å². The van der Waals surface area contributed by atoms with E-state index in [1.54, 1.807) is 12.1 Å². The minimum Gasteiger partial charge on any atom is -0.398 e. The van der Waals surface area contributed by atoms with E-state index in [0.29, 0.717) is 17.3 Å². The highest BCUT2D eigenvalue weighted by atomic mass is 16.1. The number of nitrogen functional groups attached to an aromatic ring is 1. The maximum absolute atomic E-state index is 11.3. The van der Waals surface area contributed by atoms with Crippen LogP contribution in [0, 0.1) is 5.92 Å². The fraction of sp³-hybridized carbons (Fsp3) is 0.533. The van der Waals surface area contributed by atoms with Crippen molar-refractivity contribution in [3.05, 3.63) is 23.8 Å². The zero-order valence-corrected chi connectivity index (χ0v) is 11.5. The quantitative estimate of drug-likeness (QED) is 0.729. The van der Waals surface area contributed by atoms with Gasteiger partial charge in [-0.3, -0.25) is 4.79 Å². The summed E-state index contributed by atoms with van der Waals surface area (Å²) in [5.74, 6) is 0.404. The predicted molar refractivity (Wildman–Crippen MR) is 79.0 cm³/mol. The largest absolute Gasteiger partial charge is 0.398 e. The molecule has 0 saturated heterocycles. The summed E-state index contributed by atoms with van der Waals surface area (Å²) < 4.78 is 0. The van der Waals surface area contributed by atoms with E-state index in [2.05, 4.69) is 12.2 Å². The standard InChI is InChI=1S/C15H23N3O/c1-2-10-3-5-11(6-4-10)18-12-7-8-14(16)13(9-12)15(17)19/h7-11,18H,2-6,16H2,1H3,(H2,17,19). The summed E-state index contributed by atoms with van der Waals surface area (Å²) in [5, 5.41) is 3.48. The van der Waals surface area contributed by atoms with Gasteiger partial charge in [0.25, 0.3) is 5.91 Å². The van der Waals surface area contributed by atoms with Gasteiger partial charge in [0.05, 0.1) is 5.56 Å². The Bertz CT molecular complexity index is 451. The molecule has 1 aliphatic rings. The highest BCUT2D eigenvalue weighted by molar-refractivity contribution is 5.98. The summed E-state index contributed by atoms with van der Waals surface area (Å²) in [6, 6.07) is 5.89. The molecule has 0 aliphatic heterocycles. The van der Waals surface area contributed by atoms with Gasteiger partial charge in [-0.05, 0) is 49.8 Å². The van der Waals surface area contributed by atoms with Gasteiger partial charge in [0.15, 0.2) is 0 Å². The number of rotatable bonds is 4. The fourth-order valence-corrected chi connectivity index (χ4v) is 2.81. The van der Waals surface area contributed by atoms with Gasteiger partial charge < -0.3 is 16.8 Å².